The highest BCUT2D eigenvalue weighted by Gasteiger charge is 2.18. The van der Waals surface area contributed by atoms with Crippen LogP contribution in [0.1, 0.15) is 48.1 Å². The molecule has 3 heterocycles. The molecule has 0 fully saturated rings. The van der Waals surface area contributed by atoms with E-state index in [2.05, 4.69) is 26.9 Å². The van der Waals surface area contributed by atoms with Gasteiger partial charge in [-0.15, -0.1) is 0 Å². The summed E-state index contributed by atoms with van der Waals surface area (Å²) >= 11 is 0. The van der Waals surface area contributed by atoms with Gasteiger partial charge < -0.3 is 15.3 Å². The number of hydrogen-bond acceptors (Lipinski definition) is 8. The third-order valence-electron chi connectivity index (χ3n) is 6.27. The van der Waals surface area contributed by atoms with E-state index in [0.717, 1.165) is 35.4 Å². The number of unbranched alkanes of at least 4 members (excludes halogenated alkanes) is 1. The van der Waals surface area contributed by atoms with Crippen molar-refractivity contribution in [1.29, 1.82) is 0 Å². The second-order valence-electron chi connectivity index (χ2n) is 8.82. The minimum absolute atomic E-state index is 0.0702. The lowest BCUT2D eigenvalue weighted by Crippen LogP contribution is -2.29. The van der Waals surface area contributed by atoms with E-state index in [4.69, 9.17) is 15.5 Å². The fourth-order valence-electron chi connectivity index (χ4n) is 4.30. The van der Waals surface area contributed by atoms with Crippen LogP contribution in [0, 0.1) is 6.92 Å². The highest BCUT2D eigenvalue weighted by atomic mass is 16.7. The molecule has 0 bridgehead atoms. The first kappa shape index (κ1) is 27.2. The summed E-state index contributed by atoms with van der Waals surface area (Å²) < 4.78 is 6.73. The summed E-state index contributed by atoms with van der Waals surface area (Å²) in [7, 11) is 1.57. The van der Waals surface area contributed by atoms with Crippen molar-refractivity contribution in [2.45, 2.75) is 39.5 Å². The van der Waals surface area contributed by atoms with E-state index in [1.807, 2.05) is 37.3 Å². The number of aryl methyl sites for hydroxylation is 2. The molecule has 0 saturated heterocycles. The Morgan fingerprint density at radius 2 is 1.92 bits per heavy atom. The van der Waals surface area contributed by atoms with Crippen molar-refractivity contribution < 1.29 is 14.4 Å². The molecule has 39 heavy (non-hydrogen) atoms. The van der Waals surface area contributed by atoms with Gasteiger partial charge in [0.25, 0.3) is 5.56 Å². The van der Waals surface area contributed by atoms with E-state index in [0.29, 0.717) is 41.4 Å². The Kier molecular flexibility index (Phi) is 8.78. The number of aromatic nitrogens is 4. The Morgan fingerprint density at radius 3 is 2.59 bits per heavy atom. The first-order valence-corrected chi connectivity index (χ1v) is 12.6. The van der Waals surface area contributed by atoms with Crippen LogP contribution in [-0.4, -0.2) is 38.9 Å². The summed E-state index contributed by atoms with van der Waals surface area (Å²) in [6.45, 7) is 4.13. The average molecular weight is 527 g/mol. The van der Waals surface area contributed by atoms with E-state index < -0.39 is 0 Å². The summed E-state index contributed by atoms with van der Waals surface area (Å²) in [5.74, 6) is 1.73. The molecule has 10 heteroatoms. The van der Waals surface area contributed by atoms with Crippen molar-refractivity contribution in [3.8, 4) is 22.7 Å². The van der Waals surface area contributed by atoms with E-state index in [1.165, 1.54) is 4.57 Å². The number of carbonyl (C=O) groups excluding carboxylic acids is 1. The second kappa shape index (κ2) is 12.6. The summed E-state index contributed by atoms with van der Waals surface area (Å²) in [4.78, 5) is 42.6. The smallest absolute Gasteiger partial charge is 0.323 e. The Bertz CT molecular complexity index is 1530. The molecule has 1 aromatic carbocycles. The lowest BCUT2D eigenvalue weighted by atomic mass is 9.99. The van der Waals surface area contributed by atoms with Crippen LogP contribution in [0.5, 0.6) is 5.75 Å². The predicted octanol–water partition coefficient (Wildman–Crippen LogP) is 3.73. The third kappa shape index (κ3) is 6.18. The Labute approximate surface area is 226 Å². The van der Waals surface area contributed by atoms with Crippen molar-refractivity contribution >= 4 is 12.3 Å². The highest BCUT2D eigenvalue weighted by molar-refractivity contribution is 6.03. The molecule has 0 aliphatic carbocycles. The predicted molar refractivity (Wildman–Crippen MR) is 148 cm³/mol. The highest BCUT2D eigenvalue weighted by Crippen LogP contribution is 2.24. The number of rotatable bonds is 11. The number of nitrogens with two attached hydrogens (primary N) is 1. The van der Waals surface area contributed by atoms with Crippen LogP contribution in [0.4, 0.5) is 0 Å². The van der Waals surface area contributed by atoms with E-state index in [1.54, 1.807) is 37.7 Å². The van der Waals surface area contributed by atoms with Gasteiger partial charge in [0.15, 0.2) is 5.84 Å². The SMILES string of the molecule is CCCCc1nc(C)n(-c2ccc(OC)cn2)c(=O)c1Cc1ccc(-c2ccccc2/C(N)=N/OC=O)cn1. The van der Waals surface area contributed by atoms with E-state index in [9.17, 15) is 9.59 Å². The Balaban J connectivity index is 1.71. The van der Waals surface area contributed by atoms with Crippen LogP contribution in [-0.2, 0) is 22.5 Å². The van der Waals surface area contributed by atoms with Crippen LogP contribution < -0.4 is 16.0 Å². The monoisotopic (exact) mass is 526 g/mol. The van der Waals surface area contributed by atoms with Crippen molar-refractivity contribution in [3.05, 3.63) is 99.6 Å². The number of nitrogens with zero attached hydrogens (tertiary/aromatic N) is 5. The molecule has 0 saturated carbocycles. The normalized spacial score (nSPS) is 11.3. The zero-order chi connectivity index (χ0) is 27.8. The maximum Gasteiger partial charge on any atom is 0.323 e. The van der Waals surface area contributed by atoms with E-state index in [-0.39, 0.29) is 17.9 Å². The quantitative estimate of drug-likeness (QED) is 0.103. The zero-order valence-electron chi connectivity index (χ0n) is 22.1. The van der Waals surface area contributed by atoms with Crippen LogP contribution in [0.3, 0.4) is 0 Å². The third-order valence-corrected chi connectivity index (χ3v) is 6.27. The second-order valence-corrected chi connectivity index (χ2v) is 8.82. The molecule has 0 spiro atoms. The minimum atomic E-state index is -0.165. The molecular weight excluding hydrogens is 496 g/mol. The molecule has 0 aliphatic heterocycles. The van der Waals surface area contributed by atoms with Crippen LogP contribution in [0.2, 0.25) is 0 Å². The number of amidine groups is 1. The summed E-state index contributed by atoms with van der Waals surface area (Å²) in [5, 5.41) is 3.62. The largest absolute Gasteiger partial charge is 0.495 e. The number of benzene rings is 1. The lowest BCUT2D eigenvalue weighted by molar-refractivity contribution is -0.128. The maximum absolute atomic E-state index is 13.8. The molecule has 10 nitrogen and oxygen atoms in total. The minimum Gasteiger partial charge on any atom is -0.495 e. The number of oxime groups is 1. The van der Waals surface area contributed by atoms with Crippen molar-refractivity contribution in [2.75, 3.05) is 7.11 Å². The van der Waals surface area contributed by atoms with Crippen molar-refractivity contribution in [1.82, 2.24) is 19.5 Å². The summed E-state index contributed by atoms with van der Waals surface area (Å²) in [6, 6.07) is 14.6. The Morgan fingerprint density at radius 1 is 1.10 bits per heavy atom. The number of methoxy groups -OCH3 is 1. The molecule has 4 aromatic rings. The first-order chi connectivity index (χ1) is 19.0. The first-order valence-electron chi connectivity index (χ1n) is 12.6. The fraction of sp³-hybridized carbons (Fsp3) is 0.241. The van der Waals surface area contributed by atoms with Crippen LogP contribution in [0.25, 0.3) is 16.9 Å². The molecule has 3 aromatic heterocycles. The molecule has 0 aliphatic rings. The van der Waals surface area contributed by atoms with Gasteiger partial charge in [0, 0.05) is 35.0 Å². The molecule has 0 atom stereocenters. The molecular formula is C29H30N6O4. The van der Waals surface area contributed by atoms with Gasteiger partial charge in [0.1, 0.15) is 17.4 Å². The zero-order valence-corrected chi connectivity index (χ0v) is 22.1. The number of hydrogen-bond donors (Lipinski definition) is 1. The van der Waals surface area contributed by atoms with Gasteiger partial charge in [-0.3, -0.25) is 14.6 Å². The molecule has 0 radical (unpaired) electrons. The fourth-order valence-corrected chi connectivity index (χ4v) is 4.30. The van der Waals surface area contributed by atoms with Crippen LogP contribution >= 0.6 is 0 Å². The van der Waals surface area contributed by atoms with Gasteiger partial charge in [-0.25, -0.2) is 14.5 Å². The van der Waals surface area contributed by atoms with Gasteiger partial charge in [-0.2, -0.15) is 0 Å². The van der Waals surface area contributed by atoms with Gasteiger partial charge >= 0.3 is 6.47 Å². The van der Waals surface area contributed by atoms with Gasteiger partial charge in [-0.05, 0) is 43.5 Å². The van der Waals surface area contributed by atoms with Gasteiger partial charge in [-0.1, -0.05) is 48.8 Å². The van der Waals surface area contributed by atoms with Gasteiger partial charge in [0.2, 0.25) is 0 Å². The van der Waals surface area contributed by atoms with E-state index >= 15 is 0 Å². The van der Waals surface area contributed by atoms with Crippen molar-refractivity contribution in [3.63, 3.8) is 0 Å². The van der Waals surface area contributed by atoms with Crippen LogP contribution in [0.15, 0.2) is 70.9 Å². The topological polar surface area (TPSA) is 135 Å². The standard InChI is InChI=1S/C29H30N6O4/c1-4-5-10-26-25(29(37)35(19(2)33-26)27-14-13-22(38-3)17-32-27)15-21-12-11-20(16-31-21)23-8-6-7-9-24(23)28(30)34-39-18-36/h6-9,11-14,16-18H,4-5,10,15H2,1-3H3,(H2,30,34). The molecule has 4 rings (SSSR count). The number of ether oxygens (including phenoxy) is 1. The molecule has 200 valence electrons. The summed E-state index contributed by atoms with van der Waals surface area (Å²) in [5.41, 5.74) is 10.1. The maximum atomic E-state index is 13.8. The lowest BCUT2D eigenvalue weighted by Gasteiger charge is -2.15. The summed E-state index contributed by atoms with van der Waals surface area (Å²) in [6.07, 6.45) is 6.22. The number of pyridine rings is 2. The molecule has 2 N–H and O–H groups in total. The average Bonchev–Trinajstić information content (AvgIpc) is 2.97. The van der Waals surface area contributed by atoms with Crippen molar-refractivity contribution in [2.24, 2.45) is 10.9 Å². The number of carbonyl (C=O) groups is 1. The Hall–Kier alpha value is -4.86. The molecule has 0 unspecified atom stereocenters. The van der Waals surface area contributed by atoms with Gasteiger partial charge in [0.05, 0.1) is 19.0 Å². The molecule has 0 amide bonds.